The van der Waals surface area contributed by atoms with E-state index < -0.39 is 6.09 Å². The van der Waals surface area contributed by atoms with Crippen LogP contribution in [0.1, 0.15) is 46.4 Å². The largest absolute Gasteiger partial charge is 0.465 e. The summed E-state index contributed by atoms with van der Waals surface area (Å²) in [4.78, 5) is 36.8. The number of carbonyl (C=O) groups excluding carboxylic acids is 1. The number of hydrogen-bond acceptors (Lipinski definition) is 6. The number of piperazine rings is 1. The van der Waals surface area contributed by atoms with Crippen LogP contribution in [-0.2, 0) is 6.54 Å². The molecule has 196 valence electrons. The molecule has 1 aliphatic rings. The van der Waals surface area contributed by atoms with Crippen molar-refractivity contribution in [2.45, 2.75) is 26.4 Å². The van der Waals surface area contributed by atoms with Gasteiger partial charge in [-0.1, -0.05) is 24.3 Å². The lowest BCUT2D eigenvalue weighted by atomic mass is 9.94. The summed E-state index contributed by atoms with van der Waals surface area (Å²) in [5.74, 6) is 0.0361. The summed E-state index contributed by atoms with van der Waals surface area (Å²) in [6, 6.07) is 15.6. The maximum atomic E-state index is 12.9. The van der Waals surface area contributed by atoms with Crippen LogP contribution < -0.4 is 4.90 Å². The fourth-order valence-corrected chi connectivity index (χ4v) is 5.49. The third kappa shape index (κ3) is 6.36. The Morgan fingerprint density at radius 1 is 1.03 bits per heavy atom. The quantitative estimate of drug-likeness (QED) is 0.442. The van der Waals surface area contributed by atoms with Crippen molar-refractivity contribution in [3.63, 3.8) is 0 Å². The molecule has 1 N–H and O–H groups in total. The van der Waals surface area contributed by atoms with E-state index >= 15 is 0 Å². The van der Waals surface area contributed by atoms with Gasteiger partial charge in [-0.2, -0.15) is 0 Å². The molecule has 2 amide bonds. The molecule has 0 radical (unpaired) electrons. The summed E-state index contributed by atoms with van der Waals surface area (Å²) in [6.07, 6.45) is 0.853. The van der Waals surface area contributed by atoms with Crippen molar-refractivity contribution in [3.8, 4) is 0 Å². The summed E-state index contributed by atoms with van der Waals surface area (Å²) < 4.78 is 0. The lowest BCUT2D eigenvalue weighted by Crippen LogP contribution is -2.47. The number of carboxylic acid groups (broad SMARTS) is 1. The molecule has 0 aliphatic carbocycles. The number of aromatic nitrogens is 1. The molecule has 4 rings (SSSR count). The van der Waals surface area contributed by atoms with E-state index in [9.17, 15) is 14.7 Å². The van der Waals surface area contributed by atoms with Gasteiger partial charge in [-0.15, -0.1) is 11.3 Å². The smallest absolute Gasteiger partial charge is 0.411 e. The van der Waals surface area contributed by atoms with E-state index in [4.69, 9.17) is 0 Å². The maximum absolute atomic E-state index is 12.9. The summed E-state index contributed by atoms with van der Waals surface area (Å²) in [5.41, 5.74) is 3.42. The Morgan fingerprint density at radius 3 is 2.32 bits per heavy atom. The van der Waals surface area contributed by atoms with E-state index in [1.54, 1.807) is 18.4 Å². The number of amides is 2. The van der Waals surface area contributed by atoms with Crippen LogP contribution in [0.25, 0.3) is 0 Å². The molecule has 8 nitrogen and oxygen atoms in total. The van der Waals surface area contributed by atoms with E-state index in [-0.39, 0.29) is 11.9 Å². The Hall–Kier alpha value is -3.27. The molecule has 0 saturated carbocycles. The average molecular weight is 522 g/mol. The van der Waals surface area contributed by atoms with Gasteiger partial charge >= 0.3 is 6.09 Å². The van der Waals surface area contributed by atoms with Crippen molar-refractivity contribution in [3.05, 3.63) is 81.8 Å². The van der Waals surface area contributed by atoms with Gasteiger partial charge in [0.1, 0.15) is 5.01 Å². The summed E-state index contributed by atoms with van der Waals surface area (Å²) in [7, 11) is 1.56. The van der Waals surface area contributed by atoms with Crippen LogP contribution in [0.4, 0.5) is 10.5 Å². The predicted octanol–water partition coefficient (Wildman–Crippen LogP) is 4.65. The Kier molecular flexibility index (Phi) is 8.91. The Balaban J connectivity index is 1.61. The number of carbonyl (C=O) groups is 2. The van der Waals surface area contributed by atoms with Gasteiger partial charge in [0.2, 0.25) is 0 Å². The van der Waals surface area contributed by atoms with Gasteiger partial charge in [-0.05, 0) is 49.2 Å². The lowest BCUT2D eigenvalue weighted by molar-refractivity contribution is 0.0772. The summed E-state index contributed by atoms with van der Waals surface area (Å²) in [6.45, 7) is 9.76. The molecule has 1 atom stereocenters. The first-order valence-corrected chi connectivity index (χ1v) is 13.6. The first-order chi connectivity index (χ1) is 17.9. The molecule has 0 unspecified atom stereocenters. The molecule has 1 saturated heterocycles. The van der Waals surface area contributed by atoms with Gasteiger partial charge in [0.05, 0.1) is 12.6 Å². The van der Waals surface area contributed by atoms with E-state index in [2.05, 4.69) is 20.9 Å². The molecule has 1 aromatic heterocycles. The highest BCUT2D eigenvalue weighted by Gasteiger charge is 2.28. The van der Waals surface area contributed by atoms with Crippen molar-refractivity contribution in [1.29, 1.82) is 0 Å². The fraction of sp³-hybridized carbons (Fsp3) is 0.393. The van der Waals surface area contributed by atoms with Crippen LogP contribution in [0.15, 0.2) is 60.1 Å². The zero-order valence-electron chi connectivity index (χ0n) is 21.7. The zero-order valence-corrected chi connectivity index (χ0v) is 22.5. The maximum Gasteiger partial charge on any atom is 0.411 e. The normalized spacial score (nSPS) is 15.3. The molecule has 0 bridgehead atoms. The van der Waals surface area contributed by atoms with Gasteiger partial charge in [-0.3, -0.25) is 19.5 Å². The third-order valence-corrected chi connectivity index (χ3v) is 7.76. The number of thiazole rings is 1. The Labute approximate surface area is 222 Å². The molecular weight excluding hydrogens is 486 g/mol. The molecular formula is C28H35N5O3S. The number of rotatable bonds is 9. The third-order valence-electron chi connectivity index (χ3n) is 7.00. The standard InChI is InChI=1S/C28H35N5O3S/c1-4-32(5-2)27(34)22-11-9-21(10-12-22)26(23-7-6-8-24(19-23)30(3)28(35)36)33-16-14-31(15-17-33)20-25-29-13-18-37-25/h6-13,18-19,26H,4-5,14-17,20H2,1-3H3,(H,35,36)/t26-/m1/s1. The van der Waals surface area contributed by atoms with Gasteiger partial charge in [0.25, 0.3) is 5.91 Å². The second kappa shape index (κ2) is 12.3. The van der Waals surface area contributed by atoms with Crippen LogP contribution in [0.2, 0.25) is 0 Å². The SMILES string of the molecule is CCN(CC)C(=O)c1ccc([C@H](c2cccc(N(C)C(=O)O)c2)N2CCN(Cc3nccs3)CC2)cc1. The zero-order chi connectivity index (χ0) is 26.4. The number of anilines is 1. The van der Waals surface area contributed by atoms with Gasteiger partial charge in [0, 0.05) is 69.1 Å². The Bertz CT molecular complexity index is 1170. The van der Waals surface area contributed by atoms with E-state index in [0.717, 1.165) is 48.9 Å². The molecule has 2 heterocycles. The molecule has 2 aromatic carbocycles. The first-order valence-electron chi connectivity index (χ1n) is 12.7. The summed E-state index contributed by atoms with van der Waals surface area (Å²) >= 11 is 1.68. The van der Waals surface area contributed by atoms with Crippen molar-refractivity contribution >= 4 is 29.0 Å². The van der Waals surface area contributed by atoms with E-state index in [1.165, 1.54) is 4.90 Å². The number of benzene rings is 2. The minimum atomic E-state index is -0.997. The van der Waals surface area contributed by atoms with Gasteiger partial charge < -0.3 is 10.0 Å². The molecule has 1 aliphatic heterocycles. The molecule has 1 fully saturated rings. The van der Waals surface area contributed by atoms with Gasteiger partial charge in [-0.25, -0.2) is 9.78 Å². The fourth-order valence-electron chi connectivity index (χ4n) is 4.83. The molecule has 0 spiro atoms. The van der Waals surface area contributed by atoms with Crippen LogP contribution in [0, 0.1) is 0 Å². The van der Waals surface area contributed by atoms with Crippen LogP contribution >= 0.6 is 11.3 Å². The monoisotopic (exact) mass is 521 g/mol. The van der Waals surface area contributed by atoms with Crippen molar-refractivity contribution < 1.29 is 14.7 Å². The summed E-state index contributed by atoms with van der Waals surface area (Å²) in [5, 5.41) is 12.6. The Morgan fingerprint density at radius 2 is 1.73 bits per heavy atom. The first kappa shape index (κ1) is 26.8. The lowest BCUT2D eigenvalue weighted by Gasteiger charge is -2.39. The number of hydrogen-bond donors (Lipinski definition) is 1. The minimum absolute atomic E-state index is 0.0361. The molecule has 3 aromatic rings. The van der Waals surface area contributed by atoms with Crippen LogP contribution in [-0.4, -0.2) is 83.1 Å². The van der Waals surface area contributed by atoms with Crippen molar-refractivity contribution in [1.82, 2.24) is 19.7 Å². The highest BCUT2D eigenvalue weighted by molar-refractivity contribution is 7.09. The van der Waals surface area contributed by atoms with Crippen LogP contribution in [0.3, 0.4) is 0 Å². The second-order valence-electron chi connectivity index (χ2n) is 9.18. The number of nitrogens with zero attached hydrogens (tertiary/aromatic N) is 5. The highest BCUT2D eigenvalue weighted by Crippen LogP contribution is 2.32. The van der Waals surface area contributed by atoms with E-state index in [0.29, 0.717) is 24.3 Å². The topological polar surface area (TPSA) is 80.2 Å². The second-order valence-corrected chi connectivity index (χ2v) is 10.2. The average Bonchev–Trinajstić information content (AvgIpc) is 3.43. The van der Waals surface area contributed by atoms with Crippen molar-refractivity contribution in [2.75, 3.05) is 51.2 Å². The molecule has 9 heteroatoms. The minimum Gasteiger partial charge on any atom is -0.465 e. The molecule has 37 heavy (non-hydrogen) atoms. The van der Waals surface area contributed by atoms with Gasteiger partial charge in [0.15, 0.2) is 0 Å². The van der Waals surface area contributed by atoms with Crippen molar-refractivity contribution in [2.24, 2.45) is 0 Å². The van der Waals surface area contributed by atoms with E-state index in [1.807, 2.05) is 72.8 Å². The van der Waals surface area contributed by atoms with Crippen LogP contribution in [0.5, 0.6) is 0 Å². The predicted molar refractivity (Wildman–Crippen MR) is 147 cm³/mol. The highest BCUT2D eigenvalue weighted by atomic mass is 32.1.